The molecule has 1 heterocycles. The summed E-state index contributed by atoms with van der Waals surface area (Å²) in [6.45, 7) is 9.46. The summed E-state index contributed by atoms with van der Waals surface area (Å²) in [6.07, 6.45) is 0. The van der Waals surface area contributed by atoms with Gasteiger partial charge in [-0.05, 0) is 121 Å². The molecule has 0 atom stereocenters. The maximum atomic E-state index is 6.65. The van der Waals surface area contributed by atoms with Crippen LogP contribution in [0.1, 0.15) is 49.9 Å². The van der Waals surface area contributed by atoms with Crippen molar-refractivity contribution in [3.05, 3.63) is 222 Å². The predicted octanol–water partition coefficient (Wildman–Crippen LogP) is 16.7. The number of fused-ring (bicyclic) bond motifs is 9. The predicted molar refractivity (Wildman–Crippen MR) is 260 cm³/mol. The van der Waals surface area contributed by atoms with Gasteiger partial charge in [0.2, 0.25) is 0 Å². The number of para-hydroxylation sites is 1. The second-order valence-electron chi connectivity index (χ2n) is 18.1. The maximum absolute atomic E-state index is 6.65. The van der Waals surface area contributed by atoms with Gasteiger partial charge in [0, 0.05) is 44.2 Å². The van der Waals surface area contributed by atoms with E-state index in [-0.39, 0.29) is 10.8 Å². The van der Waals surface area contributed by atoms with Gasteiger partial charge in [-0.15, -0.1) is 0 Å². The Hall–Kier alpha value is -7.42. The Morgan fingerprint density at radius 2 is 0.855 bits per heavy atom. The summed E-state index contributed by atoms with van der Waals surface area (Å²) in [5.74, 6) is 0. The number of hydrogen-bond acceptors (Lipinski definition) is 2. The van der Waals surface area contributed by atoms with Crippen molar-refractivity contribution in [3.63, 3.8) is 0 Å². The number of rotatable bonds is 6. The zero-order valence-electron chi connectivity index (χ0n) is 35.4. The molecule has 0 aliphatic heterocycles. The fourth-order valence-electron chi connectivity index (χ4n) is 10.7. The SMILES string of the molecule is CC1(C)c2ccccc2-c2ccc(N(c3ccc(-c4ccc(-c5ccccc5)cc4)cc3)c3ccc4c(c3)-c3c(cc5oc6ccccc6c5c3-c3ccccc3)C4(C)C)cc21. The lowest BCUT2D eigenvalue weighted by Gasteiger charge is -2.29. The Morgan fingerprint density at radius 3 is 1.58 bits per heavy atom. The van der Waals surface area contributed by atoms with Crippen LogP contribution in [0, 0.1) is 0 Å². The summed E-state index contributed by atoms with van der Waals surface area (Å²) in [5, 5.41) is 2.31. The van der Waals surface area contributed by atoms with E-state index >= 15 is 0 Å². The first kappa shape index (κ1) is 36.4. The normalized spacial score (nSPS) is 14.1. The summed E-state index contributed by atoms with van der Waals surface area (Å²) in [7, 11) is 0. The minimum Gasteiger partial charge on any atom is -0.456 e. The molecule has 10 aromatic rings. The van der Waals surface area contributed by atoms with Gasteiger partial charge in [0.25, 0.3) is 0 Å². The van der Waals surface area contributed by atoms with Crippen LogP contribution >= 0.6 is 0 Å². The zero-order chi connectivity index (χ0) is 41.7. The fraction of sp³-hybridized carbons (Fsp3) is 0.100. The molecule has 2 aliphatic carbocycles. The highest BCUT2D eigenvalue weighted by Gasteiger charge is 2.40. The summed E-state index contributed by atoms with van der Waals surface area (Å²) in [4.78, 5) is 2.46. The van der Waals surface area contributed by atoms with Crippen LogP contribution < -0.4 is 4.90 Å². The van der Waals surface area contributed by atoms with Gasteiger partial charge < -0.3 is 9.32 Å². The highest BCUT2D eigenvalue weighted by molar-refractivity contribution is 6.17. The first-order chi connectivity index (χ1) is 30.3. The topological polar surface area (TPSA) is 16.4 Å². The molecule has 2 aliphatic rings. The Labute approximate surface area is 363 Å². The van der Waals surface area contributed by atoms with Gasteiger partial charge >= 0.3 is 0 Å². The van der Waals surface area contributed by atoms with Crippen molar-refractivity contribution in [3.8, 4) is 55.6 Å². The largest absolute Gasteiger partial charge is 0.456 e. The van der Waals surface area contributed by atoms with Crippen LogP contribution in [0.25, 0.3) is 77.6 Å². The molecule has 62 heavy (non-hydrogen) atoms. The quantitative estimate of drug-likeness (QED) is 0.167. The average molecular weight is 796 g/mol. The zero-order valence-corrected chi connectivity index (χ0v) is 35.4. The van der Waals surface area contributed by atoms with Crippen molar-refractivity contribution >= 4 is 39.0 Å². The number of benzene rings is 9. The molecular weight excluding hydrogens is 751 g/mol. The van der Waals surface area contributed by atoms with E-state index in [1.807, 2.05) is 0 Å². The van der Waals surface area contributed by atoms with Crippen molar-refractivity contribution in [1.29, 1.82) is 0 Å². The Morgan fingerprint density at radius 1 is 0.339 bits per heavy atom. The van der Waals surface area contributed by atoms with E-state index in [4.69, 9.17) is 4.42 Å². The van der Waals surface area contributed by atoms with E-state index in [1.165, 1.54) is 83.3 Å². The van der Waals surface area contributed by atoms with E-state index in [9.17, 15) is 0 Å². The van der Waals surface area contributed by atoms with Crippen molar-refractivity contribution in [2.24, 2.45) is 0 Å². The van der Waals surface area contributed by atoms with E-state index in [1.54, 1.807) is 0 Å². The summed E-state index contributed by atoms with van der Waals surface area (Å²) >= 11 is 0. The molecular formula is C60H45NO. The third-order valence-electron chi connectivity index (χ3n) is 13.9. The lowest BCUT2D eigenvalue weighted by molar-refractivity contribution is 0.647. The van der Waals surface area contributed by atoms with Crippen LogP contribution in [0.4, 0.5) is 17.1 Å². The number of furan rings is 1. The van der Waals surface area contributed by atoms with Gasteiger partial charge in [0.1, 0.15) is 11.2 Å². The second kappa shape index (κ2) is 13.5. The molecule has 9 aromatic carbocycles. The Bertz CT molecular complexity index is 3370. The lowest BCUT2D eigenvalue weighted by Crippen LogP contribution is -2.17. The molecule has 0 bridgehead atoms. The third kappa shape index (κ3) is 5.43. The molecule has 0 unspecified atom stereocenters. The highest BCUT2D eigenvalue weighted by Crippen LogP contribution is 2.57. The Balaban J connectivity index is 1.05. The van der Waals surface area contributed by atoms with E-state index in [0.717, 1.165) is 33.6 Å². The van der Waals surface area contributed by atoms with Crippen LogP contribution in [-0.4, -0.2) is 0 Å². The maximum Gasteiger partial charge on any atom is 0.136 e. The average Bonchev–Trinajstić information content (AvgIpc) is 3.88. The molecule has 12 rings (SSSR count). The minimum absolute atomic E-state index is 0.131. The molecule has 0 amide bonds. The summed E-state index contributed by atoms with van der Waals surface area (Å²) in [6, 6.07) is 73.5. The molecule has 0 spiro atoms. The first-order valence-corrected chi connectivity index (χ1v) is 21.8. The van der Waals surface area contributed by atoms with Gasteiger partial charge in [0.15, 0.2) is 0 Å². The molecule has 2 heteroatoms. The van der Waals surface area contributed by atoms with Crippen molar-refractivity contribution in [1.82, 2.24) is 0 Å². The number of hydrogen-bond donors (Lipinski definition) is 0. The second-order valence-corrected chi connectivity index (χ2v) is 18.1. The third-order valence-corrected chi connectivity index (χ3v) is 13.9. The summed E-state index contributed by atoms with van der Waals surface area (Å²) < 4.78 is 6.65. The van der Waals surface area contributed by atoms with Crippen molar-refractivity contribution in [2.45, 2.75) is 38.5 Å². The molecule has 1 aromatic heterocycles. The van der Waals surface area contributed by atoms with Gasteiger partial charge in [-0.1, -0.05) is 179 Å². The molecule has 0 saturated heterocycles. The molecule has 0 radical (unpaired) electrons. The monoisotopic (exact) mass is 795 g/mol. The van der Waals surface area contributed by atoms with Crippen LogP contribution in [0.2, 0.25) is 0 Å². The molecule has 0 fully saturated rings. The van der Waals surface area contributed by atoms with Crippen LogP contribution in [0.5, 0.6) is 0 Å². The van der Waals surface area contributed by atoms with Gasteiger partial charge in [-0.3, -0.25) is 0 Å². The van der Waals surface area contributed by atoms with Crippen LogP contribution in [0.15, 0.2) is 205 Å². The molecule has 296 valence electrons. The number of anilines is 3. The first-order valence-electron chi connectivity index (χ1n) is 21.8. The minimum atomic E-state index is -0.244. The van der Waals surface area contributed by atoms with E-state index < -0.39 is 0 Å². The fourth-order valence-corrected chi connectivity index (χ4v) is 10.7. The molecule has 0 N–H and O–H groups in total. The molecule has 2 nitrogen and oxygen atoms in total. The van der Waals surface area contributed by atoms with Crippen molar-refractivity contribution in [2.75, 3.05) is 4.90 Å². The van der Waals surface area contributed by atoms with E-state index in [2.05, 4.69) is 233 Å². The van der Waals surface area contributed by atoms with Gasteiger partial charge in [0.05, 0.1) is 0 Å². The summed E-state index contributed by atoms with van der Waals surface area (Å²) in [5.41, 5.74) is 22.7. The smallest absolute Gasteiger partial charge is 0.136 e. The van der Waals surface area contributed by atoms with E-state index in [0.29, 0.717) is 0 Å². The van der Waals surface area contributed by atoms with Gasteiger partial charge in [-0.25, -0.2) is 0 Å². The standard InChI is InChI=1S/C60H45NO/c1-59(2)50-21-13-11-19-46(50)47-33-31-45(36-52(47)59)61(43-29-27-41(28-30-43)40-25-23-39(24-26-40)38-15-7-5-8-16-38)44-32-34-51-49(35-44)57-53(60(51,3)4)37-55-58(48-20-12-14-22-54(48)62-55)56(57)42-17-9-6-10-18-42/h5-37H,1-4H3. The van der Waals surface area contributed by atoms with Crippen LogP contribution in [0.3, 0.4) is 0 Å². The number of nitrogens with zero attached hydrogens (tertiary/aromatic N) is 1. The Kier molecular flexibility index (Phi) is 7.96. The van der Waals surface area contributed by atoms with Crippen molar-refractivity contribution < 1.29 is 4.42 Å². The van der Waals surface area contributed by atoms with Gasteiger partial charge in [-0.2, -0.15) is 0 Å². The van der Waals surface area contributed by atoms with Crippen LogP contribution in [-0.2, 0) is 10.8 Å². The molecule has 0 saturated carbocycles. The lowest BCUT2D eigenvalue weighted by atomic mass is 9.81. The highest BCUT2D eigenvalue weighted by atomic mass is 16.3.